The third kappa shape index (κ3) is 2.00. The molecule has 2 heterocycles. The summed E-state index contributed by atoms with van der Waals surface area (Å²) in [5, 5.41) is 0.667. The standard InChI is InChI=1S/C16H13ClN2O/c1-10-4-3-9-19-15(10)18-14(11(2)16(19)20)12-5-7-13(17)8-6-12/h3-9H,1-2H3. The summed E-state index contributed by atoms with van der Waals surface area (Å²) in [7, 11) is 0. The molecule has 3 aromatic rings. The number of aryl methyl sites for hydroxylation is 1. The van der Waals surface area contributed by atoms with Gasteiger partial charge in [0, 0.05) is 22.3 Å². The van der Waals surface area contributed by atoms with Gasteiger partial charge in [-0.15, -0.1) is 0 Å². The molecule has 20 heavy (non-hydrogen) atoms. The van der Waals surface area contributed by atoms with Gasteiger partial charge in [-0.25, -0.2) is 4.98 Å². The molecule has 0 bridgehead atoms. The predicted octanol–water partition coefficient (Wildman–Crippen LogP) is 3.63. The van der Waals surface area contributed by atoms with E-state index < -0.39 is 0 Å². The number of pyridine rings is 1. The molecular weight excluding hydrogens is 272 g/mol. The summed E-state index contributed by atoms with van der Waals surface area (Å²) in [6, 6.07) is 11.2. The van der Waals surface area contributed by atoms with Crippen LogP contribution in [-0.2, 0) is 0 Å². The second-order valence-corrected chi connectivity index (χ2v) is 5.22. The van der Waals surface area contributed by atoms with E-state index in [1.54, 1.807) is 29.7 Å². The normalized spacial score (nSPS) is 10.9. The van der Waals surface area contributed by atoms with E-state index in [9.17, 15) is 4.79 Å². The summed E-state index contributed by atoms with van der Waals surface area (Å²) in [6.45, 7) is 3.75. The molecule has 0 aliphatic carbocycles. The molecule has 0 radical (unpaired) electrons. The molecule has 3 rings (SSSR count). The van der Waals surface area contributed by atoms with Gasteiger partial charge in [0.1, 0.15) is 5.65 Å². The van der Waals surface area contributed by atoms with Crippen molar-refractivity contribution in [3.8, 4) is 11.3 Å². The molecule has 1 aromatic carbocycles. The molecule has 0 aliphatic rings. The maximum atomic E-state index is 12.4. The zero-order chi connectivity index (χ0) is 14.3. The number of hydrogen-bond acceptors (Lipinski definition) is 2. The van der Waals surface area contributed by atoms with Crippen molar-refractivity contribution in [2.24, 2.45) is 0 Å². The van der Waals surface area contributed by atoms with E-state index in [2.05, 4.69) is 4.98 Å². The minimum Gasteiger partial charge on any atom is -0.269 e. The maximum Gasteiger partial charge on any atom is 0.261 e. The summed E-state index contributed by atoms with van der Waals surface area (Å²) < 4.78 is 1.59. The van der Waals surface area contributed by atoms with Crippen LogP contribution in [0.4, 0.5) is 0 Å². The molecular formula is C16H13ClN2O. The molecule has 0 aliphatic heterocycles. The van der Waals surface area contributed by atoms with E-state index >= 15 is 0 Å². The lowest BCUT2D eigenvalue weighted by Gasteiger charge is -2.09. The van der Waals surface area contributed by atoms with Crippen LogP contribution >= 0.6 is 11.6 Å². The van der Waals surface area contributed by atoms with E-state index in [-0.39, 0.29) is 5.56 Å². The molecule has 0 spiro atoms. The average molecular weight is 285 g/mol. The number of hydrogen-bond donors (Lipinski definition) is 0. The van der Waals surface area contributed by atoms with Gasteiger partial charge in [-0.2, -0.15) is 0 Å². The zero-order valence-corrected chi connectivity index (χ0v) is 12.0. The summed E-state index contributed by atoms with van der Waals surface area (Å²) >= 11 is 5.90. The van der Waals surface area contributed by atoms with Crippen LogP contribution in [0.5, 0.6) is 0 Å². The molecule has 0 fully saturated rings. The lowest BCUT2D eigenvalue weighted by atomic mass is 10.1. The van der Waals surface area contributed by atoms with Crippen LogP contribution in [0.25, 0.3) is 16.9 Å². The Morgan fingerprint density at radius 2 is 1.80 bits per heavy atom. The maximum absolute atomic E-state index is 12.4. The van der Waals surface area contributed by atoms with Crippen molar-refractivity contribution in [3.63, 3.8) is 0 Å². The highest BCUT2D eigenvalue weighted by molar-refractivity contribution is 6.30. The number of nitrogens with zero attached hydrogens (tertiary/aromatic N) is 2. The monoisotopic (exact) mass is 284 g/mol. The number of fused-ring (bicyclic) bond motifs is 1. The van der Waals surface area contributed by atoms with Crippen molar-refractivity contribution >= 4 is 17.2 Å². The van der Waals surface area contributed by atoms with Crippen molar-refractivity contribution in [1.29, 1.82) is 0 Å². The molecule has 0 unspecified atom stereocenters. The fourth-order valence-electron chi connectivity index (χ4n) is 2.28. The van der Waals surface area contributed by atoms with Gasteiger partial charge in [-0.1, -0.05) is 29.8 Å². The minimum atomic E-state index is -0.0383. The number of halogens is 1. The van der Waals surface area contributed by atoms with Gasteiger partial charge in [0.05, 0.1) is 5.69 Å². The fraction of sp³-hybridized carbons (Fsp3) is 0.125. The SMILES string of the molecule is Cc1c(-c2ccc(Cl)cc2)nc2c(C)cccn2c1=O. The Balaban J connectivity index is 2.37. The van der Waals surface area contributed by atoms with Gasteiger partial charge in [0.2, 0.25) is 0 Å². The van der Waals surface area contributed by atoms with Crippen molar-refractivity contribution in [2.45, 2.75) is 13.8 Å². The van der Waals surface area contributed by atoms with Crippen LogP contribution in [-0.4, -0.2) is 9.38 Å². The molecule has 4 heteroatoms. The van der Waals surface area contributed by atoms with Gasteiger partial charge >= 0.3 is 0 Å². The van der Waals surface area contributed by atoms with Crippen LogP contribution in [0.2, 0.25) is 5.02 Å². The first-order chi connectivity index (χ1) is 9.58. The van der Waals surface area contributed by atoms with E-state index in [0.29, 0.717) is 21.9 Å². The van der Waals surface area contributed by atoms with Gasteiger partial charge < -0.3 is 0 Å². The first-order valence-corrected chi connectivity index (χ1v) is 6.70. The lowest BCUT2D eigenvalue weighted by molar-refractivity contribution is 1.01. The Hall–Kier alpha value is -2.13. The Labute approximate surface area is 121 Å². The van der Waals surface area contributed by atoms with Crippen LogP contribution in [0.3, 0.4) is 0 Å². The molecule has 100 valence electrons. The smallest absolute Gasteiger partial charge is 0.261 e. The first-order valence-electron chi connectivity index (χ1n) is 6.32. The highest BCUT2D eigenvalue weighted by Crippen LogP contribution is 2.22. The molecule has 0 atom stereocenters. The zero-order valence-electron chi connectivity index (χ0n) is 11.2. The van der Waals surface area contributed by atoms with E-state index in [4.69, 9.17) is 11.6 Å². The van der Waals surface area contributed by atoms with Crippen LogP contribution < -0.4 is 5.56 Å². The molecule has 0 amide bonds. The predicted molar refractivity (Wildman–Crippen MR) is 81.4 cm³/mol. The third-order valence-corrected chi connectivity index (χ3v) is 3.64. The van der Waals surface area contributed by atoms with Crippen LogP contribution in [0.15, 0.2) is 47.4 Å². The fourth-order valence-corrected chi connectivity index (χ4v) is 2.40. The molecule has 0 N–H and O–H groups in total. The Morgan fingerprint density at radius 3 is 2.50 bits per heavy atom. The lowest BCUT2D eigenvalue weighted by Crippen LogP contribution is -2.19. The van der Waals surface area contributed by atoms with Crippen molar-refractivity contribution in [3.05, 3.63) is 69.1 Å². The van der Waals surface area contributed by atoms with E-state index in [1.807, 2.05) is 31.2 Å². The largest absolute Gasteiger partial charge is 0.269 e. The Kier molecular flexibility index (Phi) is 3.07. The van der Waals surface area contributed by atoms with Crippen LogP contribution in [0.1, 0.15) is 11.1 Å². The summed E-state index contributed by atoms with van der Waals surface area (Å²) in [5.74, 6) is 0. The summed E-state index contributed by atoms with van der Waals surface area (Å²) in [4.78, 5) is 17.1. The molecule has 0 saturated heterocycles. The topological polar surface area (TPSA) is 34.4 Å². The number of aromatic nitrogens is 2. The van der Waals surface area contributed by atoms with Gasteiger partial charge in [0.15, 0.2) is 0 Å². The van der Waals surface area contributed by atoms with E-state index in [1.165, 1.54) is 0 Å². The van der Waals surface area contributed by atoms with Crippen LogP contribution in [0, 0.1) is 13.8 Å². The van der Waals surface area contributed by atoms with Crippen molar-refractivity contribution < 1.29 is 0 Å². The van der Waals surface area contributed by atoms with Crippen molar-refractivity contribution in [2.75, 3.05) is 0 Å². The average Bonchev–Trinajstić information content (AvgIpc) is 2.45. The van der Waals surface area contributed by atoms with E-state index in [0.717, 1.165) is 11.1 Å². The van der Waals surface area contributed by atoms with Gasteiger partial charge in [0.25, 0.3) is 5.56 Å². The molecule has 2 aromatic heterocycles. The summed E-state index contributed by atoms with van der Waals surface area (Å²) in [6.07, 6.45) is 1.75. The van der Waals surface area contributed by atoms with Gasteiger partial charge in [-0.3, -0.25) is 9.20 Å². The Morgan fingerprint density at radius 1 is 1.10 bits per heavy atom. The quantitative estimate of drug-likeness (QED) is 0.684. The second-order valence-electron chi connectivity index (χ2n) is 4.78. The van der Waals surface area contributed by atoms with Crippen molar-refractivity contribution in [1.82, 2.24) is 9.38 Å². The molecule has 3 nitrogen and oxygen atoms in total. The number of rotatable bonds is 1. The highest BCUT2D eigenvalue weighted by Gasteiger charge is 2.11. The third-order valence-electron chi connectivity index (χ3n) is 3.39. The molecule has 0 saturated carbocycles. The highest BCUT2D eigenvalue weighted by atomic mass is 35.5. The van der Waals surface area contributed by atoms with Gasteiger partial charge in [-0.05, 0) is 37.6 Å². The minimum absolute atomic E-state index is 0.0383. The number of benzene rings is 1. The second kappa shape index (κ2) is 4.76. The first kappa shape index (κ1) is 12.9. The summed E-state index contributed by atoms with van der Waals surface area (Å²) in [5.41, 5.74) is 3.86. The Bertz CT molecular complexity index is 851.